The van der Waals surface area contributed by atoms with Gasteiger partial charge in [0.1, 0.15) is 23.0 Å². The largest absolute Gasteiger partial charge is 0.455 e. The van der Waals surface area contributed by atoms with Crippen molar-refractivity contribution in [2.75, 3.05) is 0 Å². The Morgan fingerprint density at radius 2 is 1.48 bits per heavy atom. The van der Waals surface area contributed by atoms with E-state index in [1.807, 2.05) is 71.9 Å². The van der Waals surface area contributed by atoms with Crippen LogP contribution in [0.2, 0.25) is 0 Å². The third-order valence-corrected chi connectivity index (χ3v) is 12.1. The average molecular weight is 691 g/mol. The summed E-state index contributed by atoms with van der Waals surface area (Å²) in [4.78, 5) is 81.8. The van der Waals surface area contributed by atoms with Gasteiger partial charge < -0.3 is 4.74 Å². The third-order valence-electron chi connectivity index (χ3n) is 12.1. The van der Waals surface area contributed by atoms with E-state index in [0.29, 0.717) is 19.3 Å². The second kappa shape index (κ2) is 14.9. The molecule has 7 nitrogen and oxygen atoms in total. The van der Waals surface area contributed by atoms with Crippen LogP contribution in [0.5, 0.6) is 0 Å². The number of carbonyl (C=O) groups excluding carboxylic acids is 6. The van der Waals surface area contributed by atoms with E-state index < -0.39 is 52.2 Å². The Morgan fingerprint density at radius 3 is 2.02 bits per heavy atom. The van der Waals surface area contributed by atoms with Crippen LogP contribution in [-0.2, 0) is 39.1 Å². The average Bonchev–Trinajstić information content (AvgIpc) is 3.29. The first-order valence-electron chi connectivity index (χ1n) is 19.0. The molecule has 0 aliphatic heterocycles. The fourth-order valence-electron chi connectivity index (χ4n) is 8.91. The van der Waals surface area contributed by atoms with Crippen LogP contribution in [-0.4, -0.2) is 34.9 Å². The van der Waals surface area contributed by atoms with E-state index in [9.17, 15) is 28.8 Å². The number of rotatable bonds is 17. The fourth-order valence-corrected chi connectivity index (χ4v) is 8.91. The Balaban J connectivity index is 1.47. The van der Waals surface area contributed by atoms with Crippen molar-refractivity contribution in [3.63, 3.8) is 0 Å². The Hall–Kier alpha value is -2.96. The van der Waals surface area contributed by atoms with Crippen molar-refractivity contribution in [1.82, 2.24) is 0 Å². The number of carbonyl (C=O) groups is 6. The monoisotopic (exact) mass is 690 g/mol. The van der Waals surface area contributed by atoms with E-state index >= 15 is 0 Å². The van der Waals surface area contributed by atoms with E-state index in [4.69, 9.17) is 4.74 Å². The first kappa shape index (κ1) is 39.8. The van der Waals surface area contributed by atoms with Crippen LogP contribution >= 0.6 is 0 Å². The molecule has 0 spiro atoms. The molecule has 4 rings (SSSR count). The minimum absolute atomic E-state index is 0.00371. The first-order valence-corrected chi connectivity index (χ1v) is 19.0. The van der Waals surface area contributed by atoms with Gasteiger partial charge in [-0.2, -0.15) is 0 Å². The number of fused-ring (bicyclic) bond motifs is 1. The van der Waals surface area contributed by atoms with Gasteiger partial charge in [-0.3, -0.25) is 28.8 Å². The topological polar surface area (TPSA) is 112 Å². The van der Waals surface area contributed by atoms with E-state index in [-0.39, 0.29) is 71.6 Å². The second-order valence-corrected chi connectivity index (χ2v) is 19.2. The van der Waals surface area contributed by atoms with Crippen LogP contribution in [0.3, 0.4) is 0 Å². The summed E-state index contributed by atoms with van der Waals surface area (Å²) in [6.45, 7) is 19.9. The normalized spacial score (nSPS) is 24.4. The number of hydrogen-bond acceptors (Lipinski definition) is 7. The van der Waals surface area contributed by atoms with Crippen molar-refractivity contribution in [1.29, 1.82) is 0 Å². The van der Waals surface area contributed by atoms with Gasteiger partial charge in [0, 0.05) is 49.4 Å². The minimum Gasteiger partial charge on any atom is -0.455 e. The summed E-state index contributed by atoms with van der Waals surface area (Å²) in [5.74, 6) is -3.55. The molecule has 0 amide bonds. The van der Waals surface area contributed by atoms with Gasteiger partial charge in [0.2, 0.25) is 5.78 Å². The molecule has 0 aromatic heterocycles. The van der Waals surface area contributed by atoms with Gasteiger partial charge >= 0.3 is 5.97 Å². The maximum atomic E-state index is 14.4. The van der Waals surface area contributed by atoms with Gasteiger partial charge in [0.15, 0.2) is 5.78 Å². The van der Waals surface area contributed by atoms with Crippen molar-refractivity contribution in [3.8, 4) is 0 Å². The van der Waals surface area contributed by atoms with Crippen LogP contribution in [0.1, 0.15) is 139 Å². The zero-order valence-corrected chi connectivity index (χ0v) is 32.4. The van der Waals surface area contributed by atoms with Gasteiger partial charge in [-0.15, -0.1) is 0 Å². The highest BCUT2D eigenvalue weighted by molar-refractivity contribution is 6.38. The molecule has 6 atom stereocenters. The van der Waals surface area contributed by atoms with Crippen molar-refractivity contribution in [3.05, 3.63) is 35.9 Å². The molecule has 1 aromatic rings. The zero-order chi connectivity index (χ0) is 37.4. The van der Waals surface area contributed by atoms with Crippen LogP contribution in [0.25, 0.3) is 0 Å². The predicted molar refractivity (Wildman–Crippen MR) is 194 cm³/mol. The minimum atomic E-state index is -0.889. The highest BCUT2D eigenvalue weighted by Crippen LogP contribution is 2.71. The van der Waals surface area contributed by atoms with Crippen LogP contribution < -0.4 is 0 Å². The molecule has 3 aliphatic rings. The SMILES string of the molecule is CC(C)(C)CC(=O)C[C@H](C(=O)C1CC2C([C@H]1C(=O)CC(CC1CCC1)C(=O)C(=O)CCC(=O)OC(C)(C)c1ccccc1)C2(C)C)C(C)(C)C. The van der Waals surface area contributed by atoms with Gasteiger partial charge in [0.25, 0.3) is 0 Å². The molecule has 3 saturated carbocycles. The summed E-state index contributed by atoms with van der Waals surface area (Å²) in [7, 11) is 0. The predicted octanol–water partition coefficient (Wildman–Crippen LogP) is 8.68. The van der Waals surface area contributed by atoms with Gasteiger partial charge in [-0.1, -0.05) is 105 Å². The maximum absolute atomic E-state index is 14.4. The molecular weight excluding hydrogens is 628 g/mol. The summed E-state index contributed by atoms with van der Waals surface area (Å²) in [6.07, 6.45) is 4.08. The number of ketones is 5. The zero-order valence-electron chi connectivity index (χ0n) is 32.4. The molecule has 0 radical (unpaired) electrons. The third kappa shape index (κ3) is 9.47. The molecule has 4 unspecified atom stereocenters. The van der Waals surface area contributed by atoms with Crippen molar-refractivity contribution < 1.29 is 33.5 Å². The van der Waals surface area contributed by atoms with Crippen LogP contribution in [0.15, 0.2) is 30.3 Å². The lowest BCUT2D eigenvalue weighted by Gasteiger charge is -2.35. The Kier molecular flexibility index (Phi) is 11.9. The lowest BCUT2D eigenvalue weighted by molar-refractivity contribution is -0.158. The molecule has 276 valence electrons. The smallest absolute Gasteiger partial charge is 0.307 e. The van der Waals surface area contributed by atoms with Crippen molar-refractivity contribution in [2.24, 2.45) is 57.7 Å². The number of Topliss-reactive ketones (excluding diaryl/α,β-unsaturated/α-hetero) is 5. The maximum Gasteiger partial charge on any atom is 0.307 e. The fraction of sp³-hybridized carbons (Fsp3) is 0.721. The molecule has 0 N–H and O–H groups in total. The lowest BCUT2D eigenvalue weighted by atomic mass is 9.67. The number of hydrogen-bond donors (Lipinski definition) is 0. The van der Waals surface area contributed by atoms with Gasteiger partial charge in [-0.25, -0.2) is 0 Å². The summed E-state index contributed by atoms with van der Waals surface area (Å²) >= 11 is 0. The molecule has 7 heteroatoms. The summed E-state index contributed by atoms with van der Waals surface area (Å²) in [6, 6.07) is 9.34. The second-order valence-electron chi connectivity index (χ2n) is 19.2. The lowest BCUT2D eigenvalue weighted by Crippen LogP contribution is -2.41. The quantitative estimate of drug-likeness (QED) is 0.119. The van der Waals surface area contributed by atoms with E-state index in [2.05, 4.69) is 13.8 Å². The van der Waals surface area contributed by atoms with E-state index in [1.54, 1.807) is 13.8 Å². The van der Waals surface area contributed by atoms with E-state index in [1.165, 1.54) is 0 Å². The molecule has 0 saturated heterocycles. The van der Waals surface area contributed by atoms with Crippen molar-refractivity contribution >= 4 is 34.9 Å². The van der Waals surface area contributed by atoms with Gasteiger partial charge in [0.05, 0.1) is 6.42 Å². The molecule has 3 aliphatic carbocycles. The highest BCUT2D eigenvalue weighted by Gasteiger charge is 2.69. The summed E-state index contributed by atoms with van der Waals surface area (Å²) in [5.41, 5.74) is -0.774. The summed E-state index contributed by atoms with van der Waals surface area (Å²) < 4.78 is 5.69. The standard InChI is InChI=1S/C43H62O7/c1-40(2,3)25-29(44)23-32(41(4,5)6)39(49)30-24-31-37(42(31,7)8)36(30)34(46)22-27(21-26-15-14-16-26)38(48)33(45)19-20-35(47)50-43(9,10)28-17-12-11-13-18-28/h11-13,17-18,26-27,30-32,36-37H,14-16,19-25H2,1-10H3/t27?,30?,31?,32-,36-,37?/m1/s1. The molecule has 0 bridgehead atoms. The molecular formula is C43H62O7. The molecule has 50 heavy (non-hydrogen) atoms. The van der Waals surface area contributed by atoms with Crippen LogP contribution in [0, 0.1) is 57.7 Å². The Morgan fingerprint density at radius 1 is 0.860 bits per heavy atom. The number of esters is 1. The molecule has 0 heterocycles. The Bertz CT molecular complexity index is 1450. The summed E-state index contributed by atoms with van der Waals surface area (Å²) in [5, 5.41) is 0. The highest BCUT2D eigenvalue weighted by atomic mass is 16.6. The van der Waals surface area contributed by atoms with Gasteiger partial charge in [-0.05, 0) is 66.3 Å². The Labute approximate surface area is 300 Å². The first-order chi connectivity index (χ1) is 23.0. The van der Waals surface area contributed by atoms with Crippen molar-refractivity contribution in [2.45, 2.75) is 139 Å². The van der Waals surface area contributed by atoms with Crippen LogP contribution in [0.4, 0.5) is 0 Å². The number of benzene rings is 1. The molecule has 3 fully saturated rings. The van der Waals surface area contributed by atoms with E-state index in [0.717, 1.165) is 24.8 Å². The number of ether oxygens (including phenoxy) is 1. The molecule has 1 aromatic carbocycles.